The fourth-order valence-electron chi connectivity index (χ4n) is 1.97. The summed E-state index contributed by atoms with van der Waals surface area (Å²) in [5.74, 6) is 5.15. The molecular weight excluding hydrogens is 268 g/mol. The van der Waals surface area contributed by atoms with Crippen LogP contribution in [0.4, 0.5) is 11.4 Å². The zero-order chi connectivity index (χ0) is 14.7. The number of nitrogens with two attached hydrogens (primary N) is 1. The van der Waals surface area contributed by atoms with E-state index in [0.29, 0.717) is 16.9 Å². The maximum atomic E-state index is 12.2. The molecule has 2 aromatic heterocycles. The van der Waals surface area contributed by atoms with Crippen molar-refractivity contribution in [2.45, 2.75) is 0 Å². The third kappa shape index (κ3) is 2.63. The van der Waals surface area contributed by atoms with Crippen molar-refractivity contribution in [3.05, 3.63) is 54.7 Å². The highest BCUT2D eigenvalue weighted by Crippen LogP contribution is 2.22. The van der Waals surface area contributed by atoms with Gasteiger partial charge in [-0.2, -0.15) is 0 Å². The zero-order valence-electron chi connectivity index (χ0n) is 10.9. The average Bonchev–Trinajstić information content (AvgIpc) is 2.54. The number of nitrogens with one attached hydrogen (secondary N) is 2. The number of nitrogens with zero attached hydrogens (tertiary/aromatic N) is 3. The lowest BCUT2D eigenvalue weighted by Gasteiger charge is -2.09. The summed E-state index contributed by atoms with van der Waals surface area (Å²) < 4.78 is 0. The number of amides is 1. The molecule has 3 aromatic rings. The van der Waals surface area contributed by atoms with E-state index < -0.39 is 0 Å². The van der Waals surface area contributed by atoms with E-state index in [1.54, 1.807) is 6.07 Å². The minimum absolute atomic E-state index is 0.255. The number of para-hydroxylation sites is 1. The molecule has 0 saturated heterocycles. The summed E-state index contributed by atoms with van der Waals surface area (Å²) in [5, 5.41) is 3.53. The number of aromatic nitrogens is 3. The first-order valence-corrected chi connectivity index (χ1v) is 6.20. The maximum absolute atomic E-state index is 12.2. The summed E-state index contributed by atoms with van der Waals surface area (Å²) in [6.07, 6.45) is 4.41. The van der Waals surface area contributed by atoms with Crippen LogP contribution in [-0.2, 0) is 0 Å². The molecule has 0 aliphatic heterocycles. The number of fused-ring (bicyclic) bond motifs is 1. The molecule has 0 bridgehead atoms. The molecule has 0 spiro atoms. The van der Waals surface area contributed by atoms with E-state index in [1.807, 2.05) is 24.3 Å². The number of pyridine rings is 1. The minimum Gasteiger partial charge on any atom is -0.323 e. The van der Waals surface area contributed by atoms with E-state index in [4.69, 9.17) is 5.84 Å². The van der Waals surface area contributed by atoms with E-state index in [-0.39, 0.29) is 11.6 Å². The topological polar surface area (TPSA) is 106 Å². The summed E-state index contributed by atoms with van der Waals surface area (Å²) in [7, 11) is 0. The number of carbonyl (C=O) groups excluding carboxylic acids is 1. The van der Waals surface area contributed by atoms with Crippen LogP contribution in [0.2, 0.25) is 0 Å². The Morgan fingerprint density at radius 1 is 1.14 bits per heavy atom. The molecule has 0 saturated carbocycles. The number of benzene rings is 1. The number of hydrazine groups is 1. The van der Waals surface area contributed by atoms with Crippen molar-refractivity contribution in [2.24, 2.45) is 5.84 Å². The van der Waals surface area contributed by atoms with Crippen molar-refractivity contribution >= 4 is 28.2 Å². The standard InChI is InChI=1S/C14H12N6O/c15-20-12-5-13(19-11-4-2-1-3-10(11)12)14(21)18-9-6-16-8-17-7-9/h1-8H,15H2,(H,18,21)(H,19,20). The summed E-state index contributed by atoms with van der Waals surface area (Å²) in [5.41, 5.74) is 4.66. The van der Waals surface area contributed by atoms with Crippen LogP contribution in [0.1, 0.15) is 10.5 Å². The molecule has 0 fully saturated rings. The summed E-state index contributed by atoms with van der Waals surface area (Å²) in [6, 6.07) is 9.03. The maximum Gasteiger partial charge on any atom is 0.274 e. The molecule has 1 aromatic carbocycles. The normalized spacial score (nSPS) is 10.3. The Morgan fingerprint density at radius 3 is 2.67 bits per heavy atom. The number of hydrogen-bond donors (Lipinski definition) is 3. The van der Waals surface area contributed by atoms with Gasteiger partial charge in [0.1, 0.15) is 12.0 Å². The number of hydrogen-bond acceptors (Lipinski definition) is 6. The van der Waals surface area contributed by atoms with Crippen LogP contribution in [0, 0.1) is 0 Å². The summed E-state index contributed by atoms with van der Waals surface area (Å²) >= 11 is 0. The van der Waals surface area contributed by atoms with Gasteiger partial charge in [0.05, 0.1) is 29.3 Å². The van der Waals surface area contributed by atoms with Gasteiger partial charge in [0, 0.05) is 5.39 Å². The SMILES string of the molecule is NNc1cc(C(=O)Nc2cncnc2)nc2ccccc12. The van der Waals surface area contributed by atoms with E-state index in [9.17, 15) is 4.79 Å². The lowest BCUT2D eigenvalue weighted by atomic mass is 10.1. The predicted molar refractivity (Wildman–Crippen MR) is 79.5 cm³/mol. The highest BCUT2D eigenvalue weighted by atomic mass is 16.1. The molecule has 0 radical (unpaired) electrons. The fourth-order valence-corrected chi connectivity index (χ4v) is 1.97. The molecule has 104 valence electrons. The van der Waals surface area contributed by atoms with Crippen LogP contribution in [0.25, 0.3) is 10.9 Å². The van der Waals surface area contributed by atoms with E-state index in [1.165, 1.54) is 18.7 Å². The van der Waals surface area contributed by atoms with Crippen molar-refractivity contribution in [2.75, 3.05) is 10.7 Å². The molecule has 7 heteroatoms. The number of nitrogen functional groups attached to an aromatic ring is 1. The smallest absolute Gasteiger partial charge is 0.274 e. The van der Waals surface area contributed by atoms with Gasteiger partial charge in [-0.15, -0.1) is 0 Å². The minimum atomic E-state index is -0.355. The molecular formula is C14H12N6O. The summed E-state index contributed by atoms with van der Waals surface area (Å²) in [6.45, 7) is 0. The first kappa shape index (κ1) is 12.9. The molecule has 3 rings (SSSR count). The van der Waals surface area contributed by atoms with E-state index in [2.05, 4.69) is 25.7 Å². The Morgan fingerprint density at radius 2 is 1.90 bits per heavy atom. The first-order chi connectivity index (χ1) is 10.3. The lowest BCUT2D eigenvalue weighted by molar-refractivity contribution is 0.102. The van der Waals surface area contributed by atoms with Gasteiger partial charge in [0.15, 0.2) is 0 Å². The van der Waals surface area contributed by atoms with Crippen LogP contribution in [0.3, 0.4) is 0 Å². The van der Waals surface area contributed by atoms with E-state index >= 15 is 0 Å². The molecule has 0 aliphatic rings. The molecule has 1 amide bonds. The van der Waals surface area contributed by atoms with Gasteiger partial charge >= 0.3 is 0 Å². The molecule has 0 aliphatic carbocycles. The Kier molecular flexibility index (Phi) is 3.40. The third-order valence-electron chi connectivity index (χ3n) is 2.92. The highest BCUT2D eigenvalue weighted by Gasteiger charge is 2.12. The second-order valence-corrected chi connectivity index (χ2v) is 4.30. The predicted octanol–water partition coefficient (Wildman–Crippen LogP) is 1.56. The van der Waals surface area contributed by atoms with Gasteiger partial charge in [-0.05, 0) is 12.1 Å². The number of rotatable bonds is 3. The van der Waals surface area contributed by atoms with Gasteiger partial charge in [-0.1, -0.05) is 18.2 Å². The number of anilines is 2. The van der Waals surface area contributed by atoms with Crippen LogP contribution >= 0.6 is 0 Å². The van der Waals surface area contributed by atoms with Gasteiger partial charge in [-0.25, -0.2) is 15.0 Å². The largest absolute Gasteiger partial charge is 0.323 e. The van der Waals surface area contributed by atoms with Gasteiger partial charge < -0.3 is 10.7 Å². The molecule has 7 nitrogen and oxygen atoms in total. The quantitative estimate of drug-likeness (QED) is 0.496. The second kappa shape index (κ2) is 5.51. The first-order valence-electron chi connectivity index (χ1n) is 6.20. The molecule has 0 atom stereocenters. The Labute approximate surface area is 120 Å². The number of carbonyl (C=O) groups is 1. The van der Waals surface area contributed by atoms with Crippen molar-refractivity contribution in [3.8, 4) is 0 Å². The third-order valence-corrected chi connectivity index (χ3v) is 2.92. The van der Waals surface area contributed by atoms with Crippen molar-refractivity contribution in [1.29, 1.82) is 0 Å². The van der Waals surface area contributed by atoms with Crippen LogP contribution in [-0.4, -0.2) is 20.9 Å². The highest BCUT2D eigenvalue weighted by molar-refractivity contribution is 6.06. The Balaban J connectivity index is 1.98. The van der Waals surface area contributed by atoms with E-state index in [0.717, 1.165) is 5.39 Å². The molecule has 2 heterocycles. The van der Waals surface area contributed by atoms with Gasteiger partial charge in [0.2, 0.25) is 0 Å². The second-order valence-electron chi connectivity index (χ2n) is 4.30. The van der Waals surface area contributed by atoms with Crippen LogP contribution < -0.4 is 16.6 Å². The van der Waals surface area contributed by atoms with Gasteiger partial charge in [-0.3, -0.25) is 10.6 Å². The Hall–Kier alpha value is -3.06. The zero-order valence-corrected chi connectivity index (χ0v) is 10.9. The lowest BCUT2D eigenvalue weighted by Crippen LogP contribution is -2.16. The summed E-state index contributed by atoms with van der Waals surface area (Å²) in [4.78, 5) is 24.2. The van der Waals surface area contributed by atoms with Gasteiger partial charge in [0.25, 0.3) is 5.91 Å². The Bertz CT molecular complexity index is 790. The van der Waals surface area contributed by atoms with Crippen molar-refractivity contribution < 1.29 is 4.79 Å². The van der Waals surface area contributed by atoms with Crippen molar-refractivity contribution in [1.82, 2.24) is 15.0 Å². The fraction of sp³-hybridized carbons (Fsp3) is 0. The molecule has 21 heavy (non-hydrogen) atoms. The van der Waals surface area contributed by atoms with Crippen LogP contribution in [0.5, 0.6) is 0 Å². The molecule has 0 unspecified atom stereocenters. The molecule has 4 N–H and O–H groups in total. The average molecular weight is 280 g/mol. The monoisotopic (exact) mass is 280 g/mol. The van der Waals surface area contributed by atoms with Crippen LogP contribution in [0.15, 0.2) is 49.1 Å². The van der Waals surface area contributed by atoms with Crippen molar-refractivity contribution in [3.63, 3.8) is 0 Å².